The summed E-state index contributed by atoms with van der Waals surface area (Å²) in [6.07, 6.45) is 1.67. The van der Waals surface area contributed by atoms with Crippen molar-refractivity contribution in [3.8, 4) is 0 Å². The smallest absolute Gasteiger partial charge is 0.311 e. The fourth-order valence-corrected chi connectivity index (χ4v) is 2.18. The Bertz CT molecular complexity index is 369. The first-order valence-electron chi connectivity index (χ1n) is 4.79. The molecular formula is C10H13NO3. The van der Waals surface area contributed by atoms with Gasteiger partial charge in [-0.15, -0.1) is 0 Å². The van der Waals surface area contributed by atoms with Crippen LogP contribution in [0.2, 0.25) is 0 Å². The highest BCUT2D eigenvalue weighted by molar-refractivity contribution is 5.77. The maximum atomic E-state index is 11.1. The molecule has 4 heteroatoms. The molecule has 1 aromatic heterocycles. The first kappa shape index (κ1) is 9.24. The summed E-state index contributed by atoms with van der Waals surface area (Å²) in [6, 6.07) is 0. The molecule has 4 nitrogen and oxygen atoms in total. The number of aryl methyl sites for hydroxylation is 2. The average Bonchev–Trinajstić information content (AvgIpc) is 2.47. The summed E-state index contributed by atoms with van der Waals surface area (Å²) in [4.78, 5) is 11.1. The van der Waals surface area contributed by atoms with E-state index in [1.54, 1.807) is 6.92 Å². The standard InChI is InChI=1S/C10H13NO3/c1-5-3-4-7-9(6(2)11-14-7)8(5)10(12)13/h5,8H,3-4H2,1-2H3,(H,12,13). The highest BCUT2D eigenvalue weighted by Crippen LogP contribution is 2.37. The van der Waals surface area contributed by atoms with Crippen LogP contribution < -0.4 is 0 Å². The minimum atomic E-state index is -0.773. The second-order valence-corrected chi connectivity index (χ2v) is 3.94. The van der Waals surface area contributed by atoms with E-state index in [-0.39, 0.29) is 5.92 Å². The molecule has 0 amide bonds. The molecule has 1 aliphatic rings. The van der Waals surface area contributed by atoms with E-state index < -0.39 is 11.9 Å². The molecule has 0 spiro atoms. The SMILES string of the molecule is Cc1noc2c1C(C(=O)O)C(C)CC2. The maximum Gasteiger partial charge on any atom is 0.311 e. The maximum absolute atomic E-state index is 11.1. The molecule has 0 aromatic carbocycles. The Hall–Kier alpha value is -1.32. The van der Waals surface area contributed by atoms with Crippen molar-refractivity contribution >= 4 is 5.97 Å². The lowest BCUT2D eigenvalue weighted by atomic mass is 9.78. The Morgan fingerprint density at radius 2 is 2.36 bits per heavy atom. The number of hydrogen-bond acceptors (Lipinski definition) is 3. The van der Waals surface area contributed by atoms with Gasteiger partial charge in [0.25, 0.3) is 0 Å². The van der Waals surface area contributed by atoms with Crippen LogP contribution in [0.3, 0.4) is 0 Å². The van der Waals surface area contributed by atoms with Crippen molar-refractivity contribution in [2.75, 3.05) is 0 Å². The van der Waals surface area contributed by atoms with Gasteiger partial charge in [-0.1, -0.05) is 12.1 Å². The van der Waals surface area contributed by atoms with Crippen LogP contribution in [0.4, 0.5) is 0 Å². The van der Waals surface area contributed by atoms with Gasteiger partial charge in [0.05, 0.1) is 11.6 Å². The zero-order valence-corrected chi connectivity index (χ0v) is 8.28. The van der Waals surface area contributed by atoms with E-state index in [2.05, 4.69) is 5.16 Å². The van der Waals surface area contributed by atoms with Crippen LogP contribution in [-0.4, -0.2) is 16.2 Å². The first-order chi connectivity index (χ1) is 6.61. The van der Waals surface area contributed by atoms with Crippen molar-refractivity contribution in [1.29, 1.82) is 0 Å². The Morgan fingerprint density at radius 3 is 3.00 bits per heavy atom. The minimum absolute atomic E-state index is 0.165. The monoisotopic (exact) mass is 195 g/mol. The molecule has 14 heavy (non-hydrogen) atoms. The van der Waals surface area contributed by atoms with E-state index in [0.29, 0.717) is 0 Å². The number of fused-ring (bicyclic) bond motifs is 1. The van der Waals surface area contributed by atoms with E-state index in [1.165, 1.54) is 0 Å². The van der Waals surface area contributed by atoms with Crippen LogP contribution in [0.5, 0.6) is 0 Å². The molecule has 76 valence electrons. The van der Waals surface area contributed by atoms with Crippen LogP contribution in [0.15, 0.2) is 4.52 Å². The second kappa shape index (κ2) is 3.12. The third-order valence-electron chi connectivity index (χ3n) is 2.96. The van der Waals surface area contributed by atoms with Crippen molar-refractivity contribution in [3.05, 3.63) is 17.0 Å². The largest absolute Gasteiger partial charge is 0.481 e. The summed E-state index contributed by atoms with van der Waals surface area (Å²) in [5.41, 5.74) is 1.52. The first-order valence-corrected chi connectivity index (χ1v) is 4.79. The van der Waals surface area contributed by atoms with Crippen molar-refractivity contribution < 1.29 is 14.4 Å². The summed E-state index contributed by atoms with van der Waals surface area (Å²) < 4.78 is 5.10. The molecule has 0 fully saturated rings. The Kier molecular flexibility index (Phi) is 2.06. The Labute approximate surface area is 81.9 Å². The molecule has 0 aliphatic heterocycles. The lowest BCUT2D eigenvalue weighted by molar-refractivity contribution is -0.140. The molecule has 0 saturated carbocycles. The van der Waals surface area contributed by atoms with Crippen molar-refractivity contribution in [2.24, 2.45) is 5.92 Å². The minimum Gasteiger partial charge on any atom is -0.481 e. The quantitative estimate of drug-likeness (QED) is 0.741. The molecule has 2 unspecified atom stereocenters. The zero-order chi connectivity index (χ0) is 10.3. The van der Waals surface area contributed by atoms with E-state index in [4.69, 9.17) is 9.63 Å². The van der Waals surface area contributed by atoms with E-state index >= 15 is 0 Å². The molecule has 0 bridgehead atoms. The second-order valence-electron chi connectivity index (χ2n) is 3.94. The normalized spacial score (nSPS) is 25.9. The molecule has 2 rings (SSSR count). The third-order valence-corrected chi connectivity index (χ3v) is 2.96. The summed E-state index contributed by atoms with van der Waals surface area (Å²) >= 11 is 0. The number of aliphatic carboxylic acids is 1. The molecule has 1 aliphatic carbocycles. The van der Waals surface area contributed by atoms with Crippen LogP contribution in [0.25, 0.3) is 0 Å². The highest BCUT2D eigenvalue weighted by atomic mass is 16.5. The number of nitrogens with zero attached hydrogens (tertiary/aromatic N) is 1. The van der Waals surface area contributed by atoms with Crippen LogP contribution in [-0.2, 0) is 11.2 Å². The van der Waals surface area contributed by atoms with E-state index in [1.807, 2.05) is 6.92 Å². The molecule has 1 aromatic rings. The number of carbonyl (C=O) groups is 1. The molecule has 1 heterocycles. The Morgan fingerprint density at radius 1 is 1.64 bits per heavy atom. The average molecular weight is 195 g/mol. The van der Waals surface area contributed by atoms with Gasteiger partial charge in [-0.2, -0.15) is 0 Å². The molecular weight excluding hydrogens is 182 g/mol. The summed E-state index contributed by atoms with van der Waals surface area (Å²) in [7, 11) is 0. The van der Waals surface area contributed by atoms with Crippen LogP contribution in [0, 0.1) is 12.8 Å². The fraction of sp³-hybridized carbons (Fsp3) is 0.600. The van der Waals surface area contributed by atoms with Gasteiger partial charge in [-0.3, -0.25) is 4.79 Å². The van der Waals surface area contributed by atoms with E-state index in [0.717, 1.165) is 29.9 Å². The topological polar surface area (TPSA) is 63.3 Å². The summed E-state index contributed by atoms with van der Waals surface area (Å²) in [6.45, 7) is 3.77. The molecule has 0 saturated heterocycles. The van der Waals surface area contributed by atoms with Gasteiger partial charge in [0.2, 0.25) is 0 Å². The van der Waals surface area contributed by atoms with Gasteiger partial charge in [-0.05, 0) is 19.3 Å². The van der Waals surface area contributed by atoms with Gasteiger partial charge >= 0.3 is 5.97 Å². The Balaban J connectivity index is 2.50. The molecule has 1 N–H and O–H groups in total. The number of carboxylic acids is 1. The third kappa shape index (κ3) is 1.22. The predicted octanol–water partition coefficient (Wildman–Crippen LogP) is 1.73. The lowest BCUT2D eigenvalue weighted by Gasteiger charge is -2.24. The number of carboxylic acid groups (broad SMARTS) is 1. The molecule has 2 atom stereocenters. The van der Waals surface area contributed by atoms with Gasteiger partial charge in [0.15, 0.2) is 0 Å². The molecule has 0 radical (unpaired) electrons. The van der Waals surface area contributed by atoms with Crippen molar-refractivity contribution in [2.45, 2.75) is 32.6 Å². The van der Waals surface area contributed by atoms with Gasteiger partial charge in [0.1, 0.15) is 5.76 Å². The lowest BCUT2D eigenvalue weighted by Crippen LogP contribution is -2.25. The fourth-order valence-electron chi connectivity index (χ4n) is 2.18. The van der Waals surface area contributed by atoms with Gasteiger partial charge in [-0.25, -0.2) is 0 Å². The predicted molar refractivity (Wildman–Crippen MR) is 49.1 cm³/mol. The van der Waals surface area contributed by atoms with Gasteiger partial charge in [0, 0.05) is 12.0 Å². The summed E-state index contributed by atoms with van der Waals surface area (Å²) in [5.74, 6) is -0.291. The highest BCUT2D eigenvalue weighted by Gasteiger charge is 2.36. The van der Waals surface area contributed by atoms with Crippen LogP contribution in [0.1, 0.15) is 36.3 Å². The number of aromatic nitrogens is 1. The summed E-state index contributed by atoms with van der Waals surface area (Å²) in [5, 5.41) is 13.0. The van der Waals surface area contributed by atoms with Crippen molar-refractivity contribution in [3.63, 3.8) is 0 Å². The van der Waals surface area contributed by atoms with Gasteiger partial charge < -0.3 is 9.63 Å². The zero-order valence-electron chi connectivity index (χ0n) is 8.28. The van der Waals surface area contributed by atoms with Crippen molar-refractivity contribution in [1.82, 2.24) is 5.16 Å². The van der Waals surface area contributed by atoms with Crippen LogP contribution >= 0.6 is 0 Å². The van der Waals surface area contributed by atoms with E-state index in [9.17, 15) is 4.79 Å². The number of hydrogen-bond donors (Lipinski definition) is 1. The number of rotatable bonds is 1.